The first-order valence-electron chi connectivity index (χ1n) is 10.4. The average Bonchev–Trinajstić information content (AvgIpc) is 3.23. The third-order valence-corrected chi connectivity index (χ3v) is 4.92. The quantitative estimate of drug-likeness (QED) is 0.385. The van der Waals surface area contributed by atoms with E-state index in [1.54, 1.807) is 31.4 Å². The molecule has 0 spiro atoms. The van der Waals surface area contributed by atoms with Crippen LogP contribution in [0, 0.1) is 6.92 Å². The number of carbonyl (C=O) groups excluding carboxylic acids is 1. The van der Waals surface area contributed by atoms with E-state index in [0.29, 0.717) is 36.3 Å². The van der Waals surface area contributed by atoms with E-state index in [0.717, 1.165) is 22.6 Å². The molecule has 1 heterocycles. The molecule has 33 heavy (non-hydrogen) atoms. The predicted molar refractivity (Wildman–Crippen MR) is 123 cm³/mol. The van der Waals surface area contributed by atoms with Crippen LogP contribution in [0.3, 0.4) is 0 Å². The van der Waals surface area contributed by atoms with E-state index in [2.05, 4.69) is 10.3 Å². The number of ether oxygens (including phenoxy) is 3. The minimum atomic E-state index is -0.531. The number of aromatic nitrogens is 1. The number of amides is 1. The monoisotopic (exact) mass is 444 g/mol. The summed E-state index contributed by atoms with van der Waals surface area (Å²) in [5.41, 5.74) is 2.59. The van der Waals surface area contributed by atoms with E-state index in [9.17, 15) is 4.79 Å². The van der Waals surface area contributed by atoms with Gasteiger partial charge in [-0.1, -0.05) is 30.3 Å². The molecule has 1 N–H and O–H groups in total. The highest BCUT2D eigenvalue weighted by atomic mass is 16.6. The van der Waals surface area contributed by atoms with Gasteiger partial charge < -0.3 is 23.9 Å². The van der Waals surface area contributed by atoms with E-state index in [1.165, 1.54) is 0 Å². The van der Waals surface area contributed by atoms with E-state index in [-0.39, 0.29) is 0 Å². The Balaban J connectivity index is 1.26. The third kappa shape index (κ3) is 5.92. The van der Waals surface area contributed by atoms with Crippen molar-refractivity contribution in [3.63, 3.8) is 0 Å². The second kappa shape index (κ2) is 10.4. The van der Waals surface area contributed by atoms with Gasteiger partial charge in [0.15, 0.2) is 0 Å². The van der Waals surface area contributed by atoms with Crippen molar-refractivity contribution >= 4 is 6.09 Å². The van der Waals surface area contributed by atoms with Crippen LogP contribution in [0.5, 0.6) is 17.2 Å². The van der Waals surface area contributed by atoms with Gasteiger partial charge in [0, 0.05) is 12.1 Å². The fourth-order valence-electron chi connectivity index (χ4n) is 3.08. The van der Waals surface area contributed by atoms with Gasteiger partial charge in [-0.2, -0.15) is 0 Å². The maximum Gasteiger partial charge on any atom is 0.412 e. The number of methoxy groups -OCH3 is 1. The van der Waals surface area contributed by atoms with Gasteiger partial charge in [0.2, 0.25) is 5.89 Å². The van der Waals surface area contributed by atoms with Crippen LogP contribution in [0.25, 0.3) is 11.5 Å². The minimum Gasteiger partial charge on any atom is -0.497 e. The lowest BCUT2D eigenvalue weighted by molar-refractivity contribution is 0.200. The molecule has 0 bridgehead atoms. The highest BCUT2D eigenvalue weighted by Crippen LogP contribution is 2.23. The summed E-state index contributed by atoms with van der Waals surface area (Å²) >= 11 is 0. The summed E-state index contributed by atoms with van der Waals surface area (Å²) in [7, 11) is 1.58. The molecule has 4 rings (SSSR count). The molecule has 3 aromatic carbocycles. The Bertz CT molecular complexity index is 1190. The number of carbonyl (C=O) groups is 1. The number of rotatable bonds is 8. The zero-order chi connectivity index (χ0) is 23.0. The summed E-state index contributed by atoms with van der Waals surface area (Å²) < 4.78 is 22.0. The number of hydrogen-bond acceptors (Lipinski definition) is 6. The van der Waals surface area contributed by atoms with Gasteiger partial charge >= 0.3 is 6.09 Å². The summed E-state index contributed by atoms with van der Waals surface area (Å²) in [5, 5.41) is 2.72. The maximum atomic E-state index is 12.0. The Labute approximate surface area is 191 Å². The number of benzene rings is 3. The standard InChI is InChI=1S/C26H24N2O5/c1-18-24(28-25(32-18)20-6-4-3-5-7-20)17-31-22-10-8-19(9-11-22)16-27-26(29)33-23-14-12-21(30-2)13-15-23/h3-15H,16-17H2,1-2H3,(H,27,29). The minimum absolute atomic E-state index is 0.300. The molecule has 7 nitrogen and oxygen atoms in total. The Morgan fingerprint density at radius 3 is 2.27 bits per heavy atom. The molecular weight excluding hydrogens is 420 g/mol. The molecular formula is C26H24N2O5. The first-order valence-corrected chi connectivity index (χ1v) is 10.4. The van der Waals surface area contributed by atoms with Gasteiger partial charge in [0.1, 0.15) is 35.3 Å². The van der Waals surface area contributed by atoms with Crippen LogP contribution in [0.1, 0.15) is 17.0 Å². The summed E-state index contributed by atoms with van der Waals surface area (Å²) in [6, 6.07) is 24.0. The molecule has 7 heteroatoms. The van der Waals surface area contributed by atoms with Crippen LogP contribution < -0.4 is 19.5 Å². The van der Waals surface area contributed by atoms with E-state index >= 15 is 0 Å². The van der Waals surface area contributed by atoms with Gasteiger partial charge in [-0.15, -0.1) is 0 Å². The molecule has 1 aromatic heterocycles. The van der Waals surface area contributed by atoms with Gasteiger partial charge in [-0.25, -0.2) is 9.78 Å². The molecule has 0 aliphatic heterocycles. The molecule has 0 saturated heterocycles. The summed E-state index contributed by atoms with van der Waals surface area (Å²) in [6.07, 6.45) is -0.531. The number of nitrogens with one attached hydrogen (secondary N) is 1. The topological polar surface area (TPSA) is 82.8 Å². The summed E-state index contributed by atoms with van der Waals surface area (Å²) in [6.45, 7) is 2.50. The zero-order valence-corrected chi connectivity index (χ0v) is 18.4. The lowest BCUT2D eigenvalue weighted by Crippen LogP contribution is -2.26. The van der Waals surface area contributed by atoms with Crippen molar-refractivity contribution in [2.24, 2.45) is 0 Å². The Kier molecular flexibility index (Phi) is 6.90. The second-order valence-electron chi connectivity index (χ2n) is 7.24. The Hall–Kier alpha value is -4.26. The number of nitrogens with zero attached hydrogens (tertiary/aromatic N) is 1. The van der Waals surface area contributed by atoms with Crippen molar-refractivity contribution in [1.29, 1.82) is 0 Å². The van der Waals surface area contributed by atoms with Crippen molar-refractivity contribution in [1.82, 2.24) is 10.3 Å². The van der Waals surface area contributed by atoms with Crippen LogP contribution in [-0.2, 0) is 13.2 Å². The second-order valence-corrected chi connectivity index (χ2v) is 7.24. The third-order valence-electron chi connectivity index (χ3n) is 4.92. The van der Waals surface area contributed by atoms with Crippen molar-refractivity contribution < 1.29 is 23.4 Å². The Morgan fingerprint density at radius 2 is 1.58 bits per heavy atom. The average molecular weight is 444 g/mol. The van der Waals surface area contributed by atoms with Crippen LogP contribution in [0.4, 0.5) is 4.79 Å². The van der Waals surface area contributed by atoms with Crippen molar-refractivity contribution in [3.05, 3.63) is 95.9 Å². The number of aryl methyl sites for hydroxylation is 1. The molecule has 4 aromatic rings. The first kappa shape index (κ1) is 22.0. The molecule has 0 fully saturated rings. The van der Waals surface area contributed by atoms with Gasteiger partial charge in [-0.3, -0.25) is 0 Å². The van der Waals surface area contributed by atoms with Crippen molar-refractivity contribution in [2.75, 3.05) is 7.11 Å². The summed E-state index contributed by atoms with van der Waals surface area (Å²) in [4.78, 5) is 16.5. The number of hydrogen-bond donors (Lipinski definition) is 1. The molecule has 0 aliphatic rings. The number of oxazole rings is 1. The SMILES string of the molecule is COc1ccc(OC(=O)NCc2ccc(OCc3nc(-c4ccccc4)oc3C)cc2)cc1. The van der Waals surface area contributed by atoms with Crippen LogP contribution in [-0.4, -0.2) is 18.2 Å². The largest absolute Gasteiger partial charge is 0.497 e. The fourth-order valence-corrected chi connectivity index (χ4v) is 3.08. The highest BCUT2D eigenvalue weighted by molar-refractivity contribution is 5.70. The van der Waals surface area contributed by atoms with Crippen LogP contribution in [0.2, 0.25) is 0 Å². The lowest BCUT2D eigenvalue weighted by atomic mass is 10.2. The smallest absolute Gasteiger partial charge is 0.412 e. The molecule has 0 aliphatic carbocycles. The van der Waals surface area contributed by atoms with E-state index < -0.39 is 6.09 Å². The van der Waals surface area contributed by atoms with Crippen LogP contribution >= 0.6 is 0 Å². The van der Waals surface area contributed by atoms with Gasteiger partial charge in [-0.05, 0) is 61.0 Å². The highest BCUT2D eigenvalue weighted by Gasteiger charge is 2.12. The first-order chi connectivity index (χ1) is 16.1. The maximum absolute atomic E-state index is 12.0. The molecule has 1 amide bonds. The van der Waals surface area contributed by atoms with E-state index in [1.807, 2.05) is 61.5 Å². The van der Waals surface area contributed by atoms with Gasteiger partial charge in [0.05, 0.1) is 7.11 Å². The van der Waals surface area contributed by atoms with E-state index in [4.69, 9.17) is 18.6 Å². The Morgan fingerprint density at radius 1 is 0.909 bits per heavy atom. The summed E-state index contributed by atoms with van der Waals surface area (Å²) in [5.74, 6) is 3.14. The van der Waals surface area contributed by atoms with Crippen molar-refractivity contribution in [2.45, 2.75) is 20.1 Å². The van der Waals surface area contributed by atoms with Crippen LogP contribution in [0.15, 0.2) is 83.3 Å². The lowest BCUT2D eigenvalue weighted by Gasteiger charge is -2.08. The molecule has 0 saturated carbocycles. The molecule has 0 atom stereocenters. The predicted octanol–water partition coefficient (Wildman–Crippen LogP) is 5.53. The molecule has 168 valence electrons. The molecule has 0 radical (unpaired) electrons. The zero-order valence-electron chi connectivity index (χ0n) is 18.4. The molecule has 0 unspecified atom stereocenters. The fraction of sp³-hybridized carbons (Fsp3) is 0.154. The van der Waals surface area contributed by atoms with Crippen molar-refractivity contribution in [3.8, 4) is 28.7 Å². The normalized spacial score (nSPS) is 10.5. The van der Waals surface area contributed by atoms with Gasteiger partial charge in [0.25, 0.3) is 0 Å².